The van der Waals surface area contributed by atoms with E-state index in [0.29, 0.717) is 6.92 Å². The molecule has 0 aliphatic carbocycles. The number of Topliss-reactive ketones (excluding diaryl/α,β-unsaturated/α-hetero) is 1. The zero-order chi connectivity index (χ0) is 9.35. The van der Waals surface area contributed by atoms with Crippen LogP contribution in [0.1, 0.15) is 16.6 Å². The number of alkyl halides is 2. The molecule has 0 unspecified atom stereocenters. The molecule has 1 heterocycles. The first-order valence-corrected chi connectivity index (χ1v) is 4.99. The van der Waals surface area contributed by atoms with Gasteiger partial charge in [0.05, 0.1) is 7.76 Å². The third-order valence-electron chi connectivity index (χ3n) is 1.20. The SMILES string of the molecule is CC(F)(F)C(=O)c1ccc(I)s1. The van der Waals surface area contributed by atoms with Gasteiger partial charge in [0.15, 0.2) is 0 Å². The molecular weight excluding hydrogens is 297 g/mol. The highest BCUT2D eigenvalue weighted by Crippen LogP contribution is 2.25. The van der Waals surface area contributed by atoms with Crippen molar-refractivity contribution in [3.8, 4) is 0 Å². The molecule has 0 saturated carbocycles. The Kier molecular flexibility index (Phi) is 2.82. The van der Waals surface area contributed by atoms with Crippen molar-refractivity contribution in [2.45, 2.75) is 12.8 Å². The number of halogens is 3. The summed E-state index contributed by atoms with van der Waals surface area (Å²) in [6, 6.07) is 3.07. The van der Waals surface area contributed by atoms with Gasteiger partial charge < -0.3 is 0 Å². The van der Waals surface area contributed by atoms with Crippen LogP contribution in [0, 0.1) is 2.88 Å². The van der Waals surface area contributed by atoms with E-state index in [0.717, 1.165) is 14.2 Å². The molecule has 1 nitrogen and oxygen atoms in total. The Labute approximate surface area is 85.9 Å². The molecule has 12 heavy (non-hydrogen) atoms. The highest BCUT2D eigenvalue weighted by atomic mass is 127. The van der Waals surface area contributed by atoms with Crippen molar-refractivity contribution >= 4 is 39.7 Å². The second-order valence-corrected chi connectivity index (χ2v) is 5.30. The number of ketones is 1. The average Bonchev–Trinajstić information content (AvgIpc) is 2.32. The van der Waals surface area contributed by atoms with Crippen LogP contribution in [0.5, 0.6) is 0 Å². The number of thiophene rings is 1. The standard InChI is InChI=1S/C7H5F2IOS/c1-7(8,9)6(11)4-2-3-5(10)12-4/h2-3H,1H3. The lowest BCUT2D eigenvalue weighted by atomic mass is 10.2. The van der Waals surface area contributed by atoms with Crippen LogP contribution in [0.2, 0.25) is 0 Å². The van der Waals surface area contributed by atoms with Crippen molar-refractivity contribution in [3.63, 3.8) is 0 Å². The zero-order valence-corrected chi connectivity index (χ0v) is 9.08. The Hall–Kier alpha value is -0.0400. The van der Waals surface area contributed by atoms with E-state index in [2.05, 4.69) is 0 Å². The summed E-state index contributed by atoms with van der Waals surface area (Å²) in [5.41, 5.74) is 0. The first kappa shape index (κ1) is 10.0. The third-order valence-corrected chi connectivity index (χ3v) is 3.09. The molecule has 1 aromatic rings. The van der Waals surface area contributed by atoms with Crippen LogP contribution in [0.25, 0.3) is 0 Å². The quantitative estimate of drug-likeness (QED) is 0.606. The van der Waals surface area contributed by atoms with E-state index >= 15 is 0 Å². The predicted molar refractivity (Wildman–Crippen MR) is 52.0 cm³/mol. The van der Waals surface area contributed by atoms with Crippen molar-refractivity contribution in [2.24, 2.45) is 0 Å². The highest BCUT2D eigenvalue weighted by Gasteiger charge is 2.33. The van der Waals surface area contributed by atoms with Gasteiger partial charge in [-0.15, -0.1) is 11.3 Å². The molecule has 66 valence electrons. The Morgan fingerprint density at radius 2 is 2.17 bits per heavy atom. The molecule has 0 atom stereocenters. The van der Waals surface area contributed by atoms with Crippen LogP contribution >= 0.6 is 33.9 Å². The maximum atomic E-state index is 12.5. The summed E-state index contributed by atoms with van der Waals surface area (Å²) in [6.07, 6.45) is 0. The minimum atomic E-state index is -3.26. The van der Waals surface area contributed by atoms with Crippen LogP contribution < -0.4 is 0 Å². The Morgan fingerprint density at radius 3 is 2.50 bits per heavy atom. The molecule has 0 fully saturated rings. The number of hydrogen-bond acceptors (Lipinski definition) is 2. The summed E-state index contributed by atoms with van der Waals surface area (Å²) < 4.78 is 25.8. The second-order valence-electron chi connectivity index (χ2n) is 2.32. The molecule has 5 heteroatoms. The predicted octanol–water partition coefficient (Wildman–Crippen LogP) is 3.19. The highest BCUT2D eigenvalue weighted by molar-refractivity contribution is 14.1. The van der Waals surface area contributed by atoms with Crippen LogP contribution in [0.15, 0.2) is 12.1 Å². The van der Waals surface area contributed by atoms with E-state index < -0.39 is 11.7 Å². The fourth-order valence-electron chi connectivity index (χ4n) is 0.653. The topological polar surface area (TPSA) is 17.1 Å². The van der Waals surface area contributed by atoms with E-state index in [1.807, 2.05) is 22.6 Å². The fraction of sp³-hybridized carbons (Fsp3) is 0.286. The number of carbonyl (C=O) groups is 1. The lowest BCUT2D eigenvalue weighted by Crippen LogP contribution is -2.23. The molecule has 0 spiro atoms. The minimum absolute atomic E-state index is 0.118. The normalized spacial score (nSPS) is 11.7. The maximum absolute atomic E-state index is 12.5. The van der Waals surface area contributed by atoms with Gasteiger partial charge in [0.2, 0.25) is 5.78 Å². The van der Waals surface area contributed by atoms with Gasteiger partial charge in [-0.1, -0.05) is 0 Å². The van der Waals surface area contributed by atoms with Gasteiger partial charge in [-0.05, 0) is 34.7 Å². The van der Waals surface area contributed by atoms with Gasteiger partial charge in [-0.2, -0.15) is 8.78 Å². The summed E-state index contributed by atoms with van der Waals surface area (Å²) in [4.78, 5) is 11.1. The zero-order valence-electron chi connectivity index (χ0n) is 6.11. The Morgan fingerprint density at radius 1 is 1.58 bits per heavy atom. The van der Waals surface area contributed by atoms with Crippen molar-refractivity contribution in [1.29, 1.82) is 0 Å². The molecule has 0 aliphatic heterocycles. The molecule has 0 radical (unpaired) electrons. The van der Waals surface area contributed by atoms with Crippen LogP contribution in [-0.4, -0.2) is 11.7 Å². The number of rotatable bonds is 2. The van der Waals surface area contributed by atoms with Crippen molar-refractivity contribution in [1.82, 2.24) is 0 Å². The third kappa shape index (κ3) is 2.22. The summed E-state index contributed by atoms with van der Waals surface area (Å²) in [7, 11) is 0. The molecule has 0 amide bonds. The molecule has 0 bridgehead atoms. The number of hydrogen-bond donors (Lipinski definition) is 0. The average molecular weight is 302 g/mol. The van der Waals surface area contributed by atoms with Gasteiger partial charge >= 0.3 is 5.92 Å². The van der Waals surface area contributed by atoms with E-state index in [-0.39, 0.29) is 4.88 Å². The Balaban J connectivity index is 2.93. The van der Waals surface area contributed by atoms with Crippen molar-refractivity contribution in [2.75, 3.05) is 0 Å². The summed E-state index contributed by atoms with van der Waals surface area (Å²) in [5, 5.41) is 0. The van der Waals surface area contributed by atoms with Gasteiger partial charge in [-0.3, -0.25) is 4.79 Å². The Bertz CT molecular complexity index is 303. The largest absolute Gasteiger partial charge is 0.307 e. The molecule has 0 N–H and O–H groups in total. The van der Waals surface area contributed by atoms with E-state index in [9.17, 15) is 13.6 Å². The summed E-state index contributed by atoms with van der Waals surface area (Å²) >= 11 is 3.06. The molecule has 1 rings (SSSR count). The van der Waals surface area contributed by atoms with Crippen LogP contribution in [-0.2, 0) is 0 Å². The maximum Gasteiger partial charge on any atom is 0.307 e. The van der Waals surface area contributed by atoms with Gasteiger partial charge in [0.1, 0.15) is 0 Å². The molecule has 0 saturated heterocycles. The van der Waals surface area contributed by atoms with Gasteiger partial charge in [0.25, 0.3) is 0 Å². The first-order chi connectivity index (χ1) is 5.41. The fourth-order valence-corrected chi connectivity index (χ4v) is 2.30. The van der Waals surface area contributed by atoms with Gasteiger partial charge in [0, 0.05) is 6.92 Å². The molecule has 0 aromatic carbocycles. The smallest absolute Gasteiger partial charge is 0.286 e. The minimum Gasteiger partial charge on any atom is -0.286 e. The molecular formula is C7H5F2IOS. The van der Waals surface area contributed by atoms with Gasteiger partial charge in [-0.25, -0.2) is 0 Å². The van der Waals surface area contributed by atoms with Crippen molar-refractivity contribution in [3.05, 3.63) is 19.9 Å². The lowest BCUT2D eigenvalue weighted by Gasteiger charge is -2.05. The van der Waals surface area contributed by atoms with Crippen LogP contribution in [0.3, 0.4) is 0 Å². The lowest BCUT2D eigenvalue weighted by molar-refractivity contribution is 0.0226. The van der Waals surface area contributed by atoms with Crippen LogP contribution in [0.4, 0.5) is 8.78 Å². The second kappa shape index (κ2) is 3.37. The molecule has 1 aromatic heterocycles. The summed E-state index contributed by atoms with van der Waals surface area (Å²) in [6.45, 7) is 0.613. The van der Waals surface area contributed by atoms with E-state index in [1.54, 1.807) is 6.07 Å². The first-order valence-electron chi connectivity index (χ1n) is 3.09. The van der Waals surface area contributed by atoms with E-state index in [4.69, 9.17) is 0 Å². The van der Waals surface area contributed by atoms with E-state index in [1.165, 1.54) is 6.07 Å². The summed E-state index contributed by atoms with van der Waals surface area (Å²) in [5.74, 6) is -4.36. The number of carbonyl (C=O) groups excluding carboxylic acids is 1. The monoisotopic (exact) mass is 302 g/mol. The molecule has 0 aliphatic rings. The van der Waals surface area contributed by atoms with Crippen molar-refractivity contribution < 1.29 is 13.6 Å².